The van der Waals surface area contributed by atoms with Crippen molar-refractivity contribution in [1.82, 2.24) is 4.90 Å². The first-order valence-corrected chi connectivity index (χ1v) is 8.06. The molecule has 0 spiro atoms. The van der Waals surface area contributed by atoms with Gasteiger partial charge in [-0.15, -0.1) is 0 Å². The summed E-state index contributed by atoms with van der Waals surface area (Å²) in [7, 11) is 1.91. The number of benzene rings is 1. The summed E-state index contributed by atoms with van der Waals surface area (Å²) in [5.41, 5.74) is 1.24. The Bertz CT molecular complexity index is 464. The molecule has 0 radical (unpaired) electrons. The maximum absolute atomic E-state index is 12.2. The molecule has 21 heavy (non-hydrogen) atoms. The lowest BCUT2D eigenvalue weighted by Crippen LogP contribution is -2.40. The van der Waals surface area contributed by atoms with E-state index in [1.54, 1.807) is 0 Å². The molecule has 0 heterocycles. The smallest absolute Gasteiger partial charge is 0.260 e. The second-order valence-electron chi connectivity index (χ2n) is 6.31. The second-order valence-corrected chi connectivity index (χ2v) is 6.31. The third-order valence-corrected chi connectivity index (χ3v) is 4.40. The monoisotopic (exact) mass is 289 g/mol. The van der Waals surface area contributed by atoms with Crippen molar-refractivity contribution < 1.29 is 9.53 Å². The van der Waals surface area contributed by atoms with Gasteiger partial charge in [-0.05, 0) is 36.5 Å². The Hall–Kier alpha value is -1.51. The molecule has 1 saturated carbocycles. The molecule has 0 N–H and O–H groups in total. The minimum atomic E-state index is 0.0804. The van der Waals surface area contributed by atoms with Crippen molar-refractivity contribution in [2.24, 2.45) is 0 Å². The Balaban J connectivity index is 1.86. The van der Waals surface area contributed by atoms with Crippen molar-refractivity contribution in [2.45, 2.75) is 57.9 Å². The SMILES string of the molecule is CC(C)c1cccc(OCC(=O)N(C)C2CCCCC2)c1. The second kappa shape index (κ2) is 7.48. The van der Waals surface area contributed by atoms with Crippen LogP contribution in [0.1, 0.15) is 57.4 Å². The maximum Gasteiger partial charge on any atom is 0.260 e. The van der Waals surface area contributed by atoms with Crippen LogP contribution < -0.4 is 4.74 Å². The highest BCUT2D eigenvalue weighted by atomic mass is 16.5. The zero-order chi connectivity index (χ0) is 15.2. The van der Waals surface area contributed by atoms with Crippen molar-refractivity contribution in [1.29, 1.82) is 0 Å². The number of nitrogens with zero attached hydrogens (tertiary/aromatic N) is 1. The molecule has 2 rings (SSSR count). The van der Waals surface area contributed by atoms with Crippen LogP contribution in [0.15, 0.2) is 24.3 Å². The lowest BCUT2D eigenvalue weighted by atomic mass is 9.94. The van der Waals surface area contributed by atoms with Crippen LogP contribution in [0.2, 0.25) is 0 Å². The zero-order valence-corrected chi connectivity index (χ0v) is 13.5. The molecule has 1 aliphatic carbocycles. The van der Waals surface area contributed by atoms with Gasteiger partial charge in [-0.25, -0.2) is 0 Å². The van der Waals surface area contributed by atoms with Gasteiger partial charge in [0.2, 0.25) is 0 Å². The summed E-state index contributed by atoms with van der Waals surface area (Å²) in [6, 6.07) is 8.42. The maximum atomic E-state index is 12.2. The van der Waals surface area contributed by atoms with Crippen LogP contribution in [0.5, 0.6) is 5.75 Å². The van der Waals surface area contributed by atoms with Gasteiger partial charge in [0.1, 0.15) is 5.75 Å². The average molecular weight is 289 g/mol. The molecule has 1 aromatic carbocycles. The Labute approximate surface area is 128 Å². The van der Waals surface area contributed by atoms with Gasteiger partial charge in [0, 0.05) is 13.1 Å². The lowest BCUT2D eigenvalue weighted by Gasteiger charge is -2.31. The summed E-state index contributed by atoms with van der Waals surface area (Å²) in [6.07, 6.45) is 6.03. The predicted octanol–water partition coefficient (Wildman–Crippen LogP) is 3.98. The third-order valence-electron chi connectivity index (χ3n) is 4.40. The summed E-state index contributed by atoms with van der Waals surface area (Å²) >= 11 is 0. The van der Waals surface area contributed by atoms with Crippen LogP contribution in [0.4, 0.5) is 0 Å². The molecule has 0 saturated heterocycles. The Kier molecular flexibility index (Phi) is 5.66. The topological polar surface area (TPSA) is 29.5 Å². The van der Waals surface area contributed by atoms with Crippen LogP contribution in [-0.4, -0.2) is 30.5 Å². The number of carbonyl (C=O) groups excluding carboxylic acids is 1. The van der Waals surface area contributed by atoms with Crippen molar-refractivity contribution in [3.63, 3.8) is 0 Å². The van der Waals surface area contributed by atoms with Crippen LogP contribution in [0, 0.1) is 0 Å². The molecule has 0 atom stereocenters. The molecular weight excluding hydrogens is 262 g/mol. The number of hydrogen-bond acceptors (Lipinski definition) is 2. The molecule has 1 amide bonds. The van der Waals surface area contributed by atoms with Crippen LogP contribution >= 0.6 is 0 Å². The van der Waals surface area contributed by atoms with Crippen LogP contribution in [0.25, 0.3) is 0 Å². The van der Waals surface area contributed by atoms with Crippen LogP contribution in [-0.2, 0) is 4.79 Å². The number of carbonyl (C=O) groups is 1. The minimum Gasteiger partial charge on any atom is -0.484 e. The Morgan fingerprint density at radius 3 is 2.67 bits per heavy atom. The van der Waals surface area contributed by atoms with E-state index in [1.165, 1.54) is 24.8 Å². The van der Waals surface area contributed by atoms with E-state index >= 15 is 0 Å². The molecule has 3 nitrogen and oxygen atoms in total. The number of ether oxygens (including phenoxy) is 1. The molecule has 0 aliphatic heterocycles. The van der Waals surface area contributed by atoms with Crippen molar-refractivity contribution >= 4 is 5.91 Å². The van der Waals surface area contributed by atoms with E-state index in [9.17, 15) is 4.79 Å². The molecule has 0 aromatic heterocycles. The Morgan fingerprint density at radius 1 is 1.29 bits per heavy atom. The number of hydrogen-bond donors (Lipinski definition) is 0. The van der Waals surface area contributed by atoms with Gasteiger partial charge in [0.05, 0.1) is 0 Å². The summed E-state index contributed by atoms with van der Waals surface area (Å²) < 4.78 is 5.68. The fourth-order valence-electron chi connectivity index (χ4n) is 2.88. The van der Waals surface area contributed by atoms with Gasteiger partial charge in [0.25, 0.3) is 5.91 Å². The summed E-state index contributed by atoms with van der Waals surface area (Å²) in [4.78, 5) is 14.1. The van der Waals surface area contributed by atoms with Crippen molar-refractivity contribution in [3.05, 3.63) is 29.8 Å². The highest BCUT2D eigenvalue weighted by Gasteiger charge is 2.22. The molecule has 116 valence electrons. The Morgan fingerprint density at radius 2 is 2.00 bits per heavy atom. The van der Waals surface area contributed by atoms with Crippen molar-refractivity contribution in [2.75, 3.05) is 13.7 Å². The van der Waals surface area contributed by atoms with Gasteiger partial charge in [-0.3, -0.25) is 4.79 Å². The summed E-state index contributed by atoms with van der Waals surface area (Å²) in [6.45, 7) is 4.44. The highest BCUT2D eigenvalue weighted by Crippen LogP contribution is 2.22. The summed E-state index contributed by atoms with van der Waals surface area (Å²) in [5, 5.41) is 0. The van der Waals surface area contributed by atoms with E-state index < -0.39 is 0 Å². The average Bonchev–Trinajstić information content (AvgIpc) is 2.53. The van der Waals surface area contributed by atoms with E-state index in [0.29, 0.717) is 12.0 Å². The molecule has 1 aromatic rings. The molecule has 1 aliphatic rings. The fourth-order valence-corrected chi connectivity index (χ4v) is 2.88. The standard InChI is InChI=1S/C18H27NO2/c1-14(2)15-8-7-11-17(12-15)21-13-18(20)19(3)16-9-5-4-6-10-16/h7-8,11-12,14,16H,4-6,9-10,13H2,1-3H3. The first-order valence-electron chi connectivity index (χ1n) is 8.06. The van der Waals surface area contributed by atoms with E-state index in [1.807, 2.05) is 30.1 Å². The van der Waals surface area contributed by atoms with Gasteiger partial charge in [0.15, 0.2) is 6.61 Å². The number of likely N-dealkylation sites (N-methyl/N-ethyl adjacent to an activating group) is 1. The normalized spacial score (nSPS) is 16.0. The van der Waals surface area contributed by atoms with E-state index in [-0.39, 0.29) is 12.5 Å². The first kappa shape index (κ1) is 15.9. The molecule has 1 fully saturated rings. The predicted molar refractivity (Wildman–Crippen MR) is 85.7 cm³/mol. The minimum absolute atomic E-state index is 0.0804. The lowest BCUT2D eigenvalue weighted by molar-refractivity contribution is -0.134. The quantitative estimate of drug-likeness (QED) is 0.820. The van der Waals surface area contributed by atoms with E-state index in [2.05, 4.69) is 19.9 Å². The largest absolute Gasteiger partial charge is 0.484 e. The summed E-state index contributed by atoms with van der Waals surface area (Å²) in [5.74, 6) is 1.33. The van der Waals surface area contributed by atoms with Gasteiger partial charge >= 0.3 is 0 Å². The highest BCUT2D eigenvalue weighted by molar-refractivity contribution is 5.77. The molecule has 0 bridgehead atoms. The van der Waals surface area contributed by atoms with E-state index in [4.69, 9.17) is 4.74 Å². The van der Waals surface area contributed by atoms with Crippen LogP contribution in [0.3, 0.4) is 0 Å². The van der Waals surface area contributed by atoms with Crippen molar-refractivity contribution in [3.8, 4) is 5.75 Å². The zero-order valence-electron chi connectivity index (χ0n) is 13.5. The molecular formula is C18H27NO2. The molecule has 3 heteroatoms. The third kappa shape index (κ3) is 4.48. The number of rotatable bonds is 5. The first-order chi connectivity index (χ1) is 10.1. The van der Waals surface area contributed by atoms with Gasteiger partial charge in [-0.2, -0.15) is 0 Å². The van der Waals surface area contributed by atoms with Gasteiger partial charge < -0.3 is 9.64 Å². The van der Waals surface area contributed by atoms with Gasteiger partial charge in [-0.1, -0.05) is 45.2 Å². The van der Waals surface area contributed by atoms with E-state index in [0.717, 1.165) is 18.6 Å². The fraction of sp³-hybridized carbons (Fsp3) is 0.611. The molecule has 0 unspecified atom stereocenters. The number of amides is 1.